The Balaban J connectivity index is 3.31. The molecule has 1 aromatic carbocycles. The maximum absolute atomic E-state index is 12.2. The van der Waals surface area contributed by atoms with Gasteiger partial charge in [-0.25, -0.2) is 0 Å². The summed E-state index contributed by atoms with van der Waals surface area (Å²) in [6.45, 7) is -1.96. The largest absolute Gasteiger partial charge is 0.481 e. The number of nitrogens with zero attached hydrogens (tertiary/aromatic N) is 1. The maximum atomic E-state index is 12.2. The van der Waals surface area contributed by atoms with Crippen molar-refractivity contribution in [3.63, 3.8) is 0 Å². The molecule has 98 valence electrons. The second kappa shape index (κ2) is 5.39. The van der Waals surface area contributed by atoms with Gasteiger partial charge in [0.1, 0.15) is 5.75 Å². The molecule has 0 fully saturated rings. The minimum Gasteiger partial charge on any atom is -0.481 e. The molecule has 0 unspecified atom stereocenters. The Kier molecular flexibility index (Phi) is 4.13. The molecule has 0 aromatic heterocycles. The Morgan fingerprint density at radius 1 is 1.56 bits per heavy atom. The topological polar surface area (TPSA) is 89.7 Å². The Hall–Kier alpha value is -2.25. The summed E-state index contributed by atoms with van der Waals surface area (Å²) < 4.78 is 28.6. The number of benzene rings is 1. The van der Waals surface area contributed by atoms with Crippen LogP contribution in [0.4, 0.5) is 14.5 Å². The molecule has 0 aliphatic carbocycles. The van der Waals surface area contributed by atoms with Crippen molar-refractivity contribution in [2.24, 2.45) is 0 Å². The first-order valence-electron chi connectivity index (χ1n) is 4.76. The normalized spacial score (nSPS) is 10.4. The number of carboxylic acid groups (broad SMARTS) is 1. The average molecular weight is 261 g/mol. The Morgan fingerprint density at radius 2 is 2.17 bits per heavy atom. The van der Waals surface area contributed by atoms with Crippen molar-refractivity contribution in [1.29, 1.82) is 0 Å². The van der Waals surface area contributed by atoms with E-state index in [1.54, 1.807) is 0 Å². The van der Waals surface area contributed by atoms with Crippen LogP contribution in [0.3, 0.4) is 0 Å². The third-order valence-electron chi connectivity index (χ3n) is 2.20. The first kappa shape index (κ1) is 13.8. The molecule has 6 nitrogen and oxygen atoms in total. The van der Waals surface area contributed by atoms with E-state index in [-0.39, 0.29) is 11.1 Å². The second-order valence-electron chi connectivity index (χ2n) is 3.40. The van der Waals surface area contributed by atoms with Gasteiger partial charge in [0.2, 0.25) is 0 Å². The molecule has 8 heteroatoms. The second-order valence-corrected chi connectivity index (χ2v) is 3.40. The van der Waals surface area contributed by atoms with E-state index in [0.717, 1.165) is 12.1 Å². The average Bonchev–Trinajstić information content (AvgIpc) is 2.21. The molecule has 0 saturated heterocycles. The van der Waals surface area contributed by atoms with Gasteiger partial charge in [-0.3, -0.25) is 14.9 Å². The van der Waals surface area contributed by atoms with Gasteiger partial charge >= 0.3 is 12.6 Å². The van der Waals surface area contributed by atoms with Crippen LogP contribution in [0.5, 0.6) is 5.75 Å². The van der Waals surface area contributed by atoms with Crippen LogP contribution in [0.15, 0.2) is 12.1 Å². The summed E-state index contributed by atoms with van der Waals surface area (Å²) in [5.74, 6) is -1.70. The molecule has 18 heavy (non-hydrogen) atoms. The van der Waals surface area contributed by atoms with E-state index >= 15 is 0 Å². The number of carboxylic acids is 1. The van der Waals surface area contributed by atoms with Gasteiger partial charge in [-0.05, 0) is 13.0 Å². The summed E-state index contributed by atoms with van der Waals surface area (Å²) >= 11 is 0. The van der Waals surface area contributed by atoms with Crippen molar-refractivity contribution in [2.45, 2.75) is 20.0 Å². The smallest absolute Gasteiger partial charge is 0.387 e. The van der Waals surface area contributed by atoms with Gasteiger partial charge in [-0.2, -0.15) is 8.78 Å². The summed E-state index contributed by atoms with van der Waals surface area (Å²) in [6, 6.07) is 2.16. The van der Waals surface area contributed by atoms with Gasteiger partial charge in [0.15, 0.2) is 0 Å². The number of carbonyl (C=O) groups is 1. The molecule has 1 rings (SSSR count). The van der Waals surface area contributed by atoms with Crippen LogP contribution in [-0.4, -0.2) is 22.6 Å². The highest BCUT2D eigenvalue weighted by Gasteiger charge is 2.22. The Labute approximate surface area is 99.9 Å². The lowest BCUT2D eigenvalue weighted by atomic mass is 10.1. The summed E-state index contributed by atoms with van der Waals surface area (Å²) in [6.07, 6.45) is -0.555. The van der Waals surface area contributed by atoms with Gasteiger partial charge in [0.25, 0.3) is 5.69 Å². The van der Waals surface area contributed by atoms with Crippen LogP contribution in [0.25, 0.3) is 0 Å². The zero-order valence-electron chi connectivity index (χ0n) is 9.22. The highest BCUT2D eigenvalue weighted by molar-refractivity contribution is 5.72. The van der Waals surface area contributed by atoms with Crippen molar-refractivity contribution in [1.82, 2.24) is 0 Å². The number of hydrogen-bond acceptors (Lipinski definition) is 4. The van der Waals surface area contributed by atoms with Crippen molar-refractivity contribution >= 4 is 11.7 Å². The molecule has 0 atom stereocenters. The predicted molar refractivity (Wildman–Crippen MR) is 55.8 cm³/mol. The number of alkyl halides is 2. The van der Waals surface area contributed by atoms with Gasteiger partial charge in [0.05, 0.1) is 16.9 Å². The highest BCUT2D eigenvalue weighted by atomic mass is 19.3. The molecule has 0 amide bonds. The van der Waals surface area contributed by atoms with Crippen LogP contribution in [0, 0.1) is 17.0 Å². The number of halogens is 2. The Morgan fingerprint density at radius 3 is 2.61 bits per heavy atom. The summed E-state index contributed by atoms with van der Waals surface area (Å²) in [7, 11) is 0. The lowest BCUT2D eigenvalue weighted by molar-refractivity contribution is -0.385. The fourth-order valence-corrected chi connectivity index (χ4v) is 1.49. The SMILES string of the molecule is Cc1c([N+](=O)[O-])ccc(CC(=O)O)c1OC(F)F. The lowest BCUT2D eigenvalue weighted by Gasteiger charge is -2.12. The summed E-state index contributed by atoms with van der Waals surface area (Å²) in [5, 5.41) is 19.3. The number of aliphatic carboxylic acids is 1. The molecule has 0 heterocycles. The minimum absolute atomic E-state index is 0.0362. The molecule has 1 aromatic rings. The fourth-order valence-electron chi connectivity index (χ4n) is 1.49. The first-order chi connectivity index (χ1) is 8.32. The minimum atomic E-state index is -3.18. The molecule has 0 aliphatic heterocycles. The van der Waals surface area contributed by atoms with Gasteiger partial charge < -0.3 is 9.84 Å². The van der Waals surface area contributed by atoms with Crippen molar-refractivity contribution in [3.05, 3.63) is 33.4 Å². The van der Waals surface area contributed by atoms with Crippen LogP contribution in [0.2, 0.25) is 0 Å². The van der Waals surface area contributed by atoms with E-state index < -0.39 is 35.4 Å². The summed E-state index contributed by atoms with van der Waals surface area (Å²) in [4.78, 5) is 20.4. The van der Waals surface area contributed by atoms with Gasteiger partial charge in [-0.15, -0.1) is 0 Å². The third kappa shape index (κ3) is 3.12. The van der Waals surface area contributed by atoms with Crippen LogP contribution >= 0.6 is 0 Å². The number of nitro benzene ring substituents is 1. The van der Waals surface area contributed by atoms with E-state index in [1.165, 1.54) is 6.92 Å². The standard InChI is InChI=1S/C10H9F2NO5/c1-5-7(13(16)17)3-2-6(4-8(14)15)9(5)18-10(11)12/h2-3,10H,4H2,1H3,(H,14,15). The maximum Gasteiger partial charge on any atom is 0.387 e. The number of rotatable bonds is 5. The van der Waals surface area contributed by atoms with Gasteiger partial charge in [-0.1, -0.05) is 0 Å². The molecule has 0 saturated carbocycles. The van der Waals surface area contributed by atoms with E-state index in [0.29, 0.717) is 0 Å². The van der Waals surface area contributed by atoms with Crippen LogP contribution in [-0.2, 0) is 11.2 Å². The molecular formula is C10H9F2NO5. The first-order valence-corrected chi connectivity index (χ1v) is 4.76. The van der Waals surface area contributed by atoms with E-state index in [2.05, 4.69) is 4.74 Å². The fraction of sp³-hybridized carbons (Fsp3) is 0.300. The molecule has 1 N–H and O–H groups in total. The highest BCUT2D eigenvalue weighted by Crippen LogP contribution is 2.32. The third-order valence-corrected chi connectivity index (χ3v) is 2.20. The van der Waals surface area contributed by atoms with Crippen molar-refractivity contribution in [3.8, 4) is 5.75 Å². The molecular weight excluding hydrogens is 252 g/mol. The molecule has 0 bridgehead atoms. The Bertz CT molecular complexity index is 489. The zero-order chi connectivity index (χ0) is 13.9. The molecule has 0 aliphatic rings. The van der Waals surface area contributed by atoms with Crippen molar-refractivity contribution < 1.29 is 28.3 Å². The zero-order valence-corrected chi connectivity index (χ0v) is 9.22. The number of ether oxygens (including phenoxy) is 1. The number of nitro groups is 1. The lowest BCUT2D eigenvalue weighted by Crippen LogP contribution is -2.10. The van der Waals surface area contributed by atoms with Crippen molar-refractivity contribution in [2.75, 3.05) is 0 Å². The van der Waals surface area contributed by atoms with E-state index in [1.807, 2.05) is 0 Å². The summed E-state index contributed by atoms with van der Waals surface area (Å²) in [5.41, 5.74) is -0.565. The van der Waals surface area contributed by atoms with E-state index in [9.17, 15) is 23.7 Å². The van der Waals surface area contributed by atoms with E-state index in [4.69, 9.17) is 5.11 Å². The molecule has 0 radical (unpaired) electrons. The predicted octanol–water partition coefficient (Wildman–Crippen LogP) is 2.13. The van der Waals surface area contributed by atoms with Crippen LogP contribution < -0.4 is 4.74 Å². The molecule has 0 spiro atoms. The van der Waals surface area contributed by atoms with Gasteiger partial charge in [0, 0.05) is 11.6 Å². The van der Waals surface area contributed by atoms with Crippen LogP contribution in [0.1, 0.15) is 11.1 Å². The quantitative estimate of drug-likeness (QED) is 0.647. The number of hydrogen-bond donors (Lipinski definition) is 1. The monoisotopic (exact) mass is 261 g/mol.